The van der Waals surface area contributed by atoms with Gasteiger partial charge in [0.15, 0.2) is 5.96 Å². The molecule has 11 heteroatoms. The Morgan fingerprint density at radius 2 is 2.03 bits per heavy atom. The van der Waals surface area contributed by atoms with Gasteiger partial charge in [0.1, 0.15) is 11.4 Å². The van der Waals surface area contributed by atoms with Crippen LogP contribution >= 0.6 is 0 Å². The minimum absolute atomic E-state index is 0.133. The third-order valence-corrected chi connectivity index (χ3v) is 7.25. The molecule has 2 amide bonds. The molecule has 1 aromatic rings. The first-order chi connectivity index (χ1) is 17.1. The van der Waals surface area contributed by atoms with Gasteiger partial charge in [-0.1, -0.05) is 0 Å². The number of guanidine groups is 1. The van der Waals surface area contributed by atoms with Crippen LogP contribution in [0.15, 0.2) is 23.2 Å². The zero-order valence-electron chi connectivity index (χ0n) is 21.8. The minimum Gasteiger partial charge on any atom is -0.487 e. The third-order valence-electron chi connectivity index (χ3n) is 7.25. The minimum atomic E-state index is -4.51. The van der Waals surface area contributed by atoms with Gasteiger partial charge in [-0.15, -0.1) is 0 Å². The number of nitrogens with two attached hydrogens (primary N) is 1. The van der Waals surface area contributed by atoms with Gasteiger partial charge in [-0.3, -0.25) is 14.5 Å². The number of alkyl halides is 3. The van der Waals surface area contributed by atoms with E-state index in [9.17, 15) is 22.8 Å². The summed E-state index contributed by atoms with van der Waals surface area (Å²) in [6.45, 7) is 7.71. The summed E-state index contributed by atoms with van der Waals surface area (Å²) in [4.78, 5) is 32.3. The molecule has 3 N–H and O–H groups in total. The van der Waals surface area contributed by atoms with Crippen molar-refractivity contribution in [3.63, 3.8) is 0 Å². The van der Waals surface area contributed by atoms with E-state index in [1.54, 1.807) is 7.11 Å². The molecule has 1 fully saturated rings. The number of aliphatic imine (C=N–C) groups is 1. The number of methoxy groups -OCH3 is 1. The predicted molar refractivity (Wildman–Crippen MR) is 131 cm³/mol. The summed E-state index contributed by atoms with van der Waals surface area (Å²) in [6, 6.07) is 2.34. The molecule has 204 valence electrons. The molecule has 4 rings (SSSR count). The lowest BCUT2D eigenvalue weighted by Gasteiger charge is -2.39. The van der Waals surface area contributed by atoms with E-state index < -0.39 is 34.8 Å². The van der Waals surface area contributed by atoms with Crippen LogP contribution in [0.5, 0.6) is 5.75 Å². The number of rotatable bonds is 7. The third kappa shape index (κ3) is 5.86. The normalized spacial score (nSPS) is 27.0. The van der Waals surface area contributed by atoms with Crippen molar-refractivity contribution in [1.82, 2.24) is 10.2 Å². The second-order valence-electron chi connectivity index (χ2n) is 11.5. The Kier molecular flexibility index (Phi) is 6.98. The maximum Gasteiger partial charge on any atom is 0.416 e. The molecule has 0 saturated heterocycles. The molecule has 2 heterocycles. The van der Waals surface area contributed by atoms with Crippen molar-refractivity contribution in [1.29, 1.82) is 0 Å². The fraction of sp³-hybridized carbons (Fsp3) is 0.654. The lowest BCUT2D eigenvalue weighted by atomic mass is 9.88. The highest BCUT2D eigenvalue weighted by Gasteiger charge is 2.52. The number of ether oxygens (including phenoxy) is 2. The fourth-order valence-electron chi connectivity index (χ4n) is 5.49. The monoisotopic (exact) mass is 524 g/mol. The SMILES string of the molecule is COCC[C@H]([C@H]1C[C@@H]1C(=O)N[C@@H]1CC(C)(C)Oc2ccc(C(F)(F)F)cc21)N1C(=O)CC(C)(C)N=C1N. The van der Waals surface area contributed by atoms with Crippen molar-refractivity contribution in [2.45, 2.75) is 82.8 Å². The van der Waals surface area contributed by atoms with Gasteiger partial charge in [-0.2, -0.15) is 13.2 Å². The zero-order valence-corrected chi connectivity index (χ0v) is 21.8. The molecule has 0 bridgehead atoms. The van der Waals surface area contributed by atoms with Crippen LogP contribution in [-0.2, 0) is 20.5 Å². The molecule has 1 aromatic carbocycles. The quantitative estimate of drug-likeness (QED) is 0.565. The first-order valence-electron chi connectivity index (χ1n) is 12.5. The summed E-state index contributed by atoms with van der Waals surface area (Å²) in [5.74, 6) is -0.526. The predicted octanol–water partition coefficient (Wildman–Crippen LogP) is 3.79. The molecule has 37 heavy (non-hydrogen) atoms. The van der Waals surface area contributed by atoms with Crippen LogP contribution in [0.1, 0.15) is 70.5 Å². The lowest BCUT2D eigenvalue weighted by Crippen LogP contribution is -2.55. The lowest BCUT2D eigenvalue weighted by molar-refractivity contribution is -0.137. The van der Waals surface area contributed by atoms with Crippen LogP contribution in [0.3, 0.4) is 0 Å². The smallest absolute Gasteiger partial charge is 0.416 e. The number of hydrogen-bond donors (Lipinski definition) is 2. The summed E-state index contributed by atoms with van der Waals surface area (Å²) in [5.41, 5.74) is 4.44. The number of hydrogen-bond acceptors (Lipinski definition) is 6. The highest BCUT2D eigenvalue weighted by molar-refractivity contribution is 5.99. The number of nitrogens with one attached hydrogen (secondary N) is 1. The van der Waals surface area contributed by atoms with E-state index in [4.69, 9.17) is 15.2 Å². The summed E-state index contributed by atoms with van der Waals surface area (Å²) < 4.78 is 51.3. The molecule has 4 atom stereocenters. The Balaban J connectivity index is 1.54. The summed E-state index contributed by atoms with van der Waals surface area (Å²) in [5, 5.41) is 2.97. The standard InChI is InChI=1S/C26H35F3N4O4/c1-24(2)13-21(34)33(23(30)32-24)19(8-9-36-5)15-11-16(15)22(35)31-18-12-25(3,4)37-20-7-6-14(10-17(18)20)26(27,28)29/h6-7,10,15-16,18-19H,8-9,11-13H2,1-5H3,(H2,30,32)(H,31,35)/t15-,16-,18+,19+/m0/s1. The molecule has 3 aliphatic rings. The Morgan fingerprint density at radius 1 is 1.32 bits per heavy atom. The molecule has 0 unspecified atom stereocenters. The zero-order chi connectivity index (χ0) is 27.3. The Morgan fingerprint density at radius 3 is 2.65 bits per heavy atom. The van der Waals surface area contributed by atoms with Gasteiger partial charge in [0, 0.05) is 37.7 Å². The van der Waals surface area contributed by atoms with Crippen molar-refractivity contribution in [3.8, 4) is 5.75 Å². The van der Waals surface area contributed by atoms with Crippen molar-refractivity contribution in [2.75, 3.05) is 13.7 Å². The number of fused-ring (bicyclic) bond motifs is 1. The van der Waals surface area contributed by atoms with Gasteiger partial charge in [0.2, 0.25) is 11.8 Å². The number of carbonyl (C=O) groups is 2. The van der Waals surface area contributed by atoms with Gasteiger partial charge in [0.05, 0.1) is 23.6 Å². The van der Waals surface area contributed by atoms with Crippen LogP contribution in [-0.4, -0.2) is 53.6 Å². The molecule has 0 radical (unpaired) electrons. The number of benzene rings is 1. The Hall–Kier alpha value is -2.82. The van der Waals surface area contributed by atoms with Crippen molar-refractivity contribution >= 4 is 17.8 Å². The van der Waals surface area contributed by atoms with E-state index >= 15 is 0 Å². The average Bonchev–Trinajstić information content (AvgIpc) is 3.54. The van der Waals surface area contributed by atoms with Crippen LogP contribution in [0.2, 0.25) is 0 Å². The van der Waals surface area contributed by atoms with E-state index in [0.717, 1.165) is 12.1 Å². The number of carbonyl (C=O) groups excluding carboxylic acids is 2. The largest absolute Gasteiger partial charge is 0.487 e. The Bertz CT molecular complexity index is 1100. The highest BCUT2D eigenvalue weighted by Crippen LogP contribution is 2.47. The maximum atomic E-state index is 13.4. The summed E-state index contributed by atoms with van der Waals surface area (Å²) in [7, 11) is 1.56. The molecule has 8 nitrogen and oxygen atoms in total. The van der Waals surface area contributed by atoms with Crippen LogP contribution in [0, 0.1) is 11.8 Å². The van der Waals surface area contributed by atoms with Gasteiger partial charge >= 0.3 is 6.18 Å². The summed E-state index contributed by atoms with van der Waals surface area (Å²) >= 11 is 0. The van der Waals surface area contributed by atoms with Gasteiger partial charge in [0.25, 0.3) is 0 Å². The highest BCUT2D eigenvalue weighted by atomic mass is 19.4. The molecule has 1 aliphatic carbocycles. The van der Waals surface area contributed by atoms with Crippen molar-refractivity contribution in [3.05, 3.63) is 29.3 Å². The maximum absolute atomic E-state index is 13.4. The van der Waals surface area contributed by atoms with Gasteiger partial charge in [-0.05, 0) is 64.7 Å². The van der Waals surface area contributed by atoms with Gasteiger partial charge in [-0.25, -0.2) is 4.99 Å². The molecular formula is C26H35F3N4O4. The molecule has 0 spiro atoms. The second-order valence-corrected chi connectivity index (χ2v) is 11.5. The van der Waals surface area contributed by atoms with Crippen molar-refractivity contribution < 1.29 is 32.2 Å². The molecule has 2 aliphatic heterocycles. The number of halogens is 3. The summed E-state index contributed by atoms with van der Waals surface area (Å²) in [6.07, 6.45) is -2.98. The van der Waals surface area contributed by atoms with E-state index in [1.807, 2.05) is 27.7 Å². The van der Waals surface area contributed by atoms with E-state index in [1.165, 1.54) is 11.0 Å². The second kappa shape index (κ2) is 9.49. The van der Waals surface area contributed by atoms with Crippen LogP contribution in [0.25, 0.3) is 0 Å². The topological polar surface area (TPSA) is 106 Å². The molecule has 0 aromatic heterocycles. The van der Waals surface area contributed by atoms with Crippen LogP contribution < -0.4 is 15.8 Å². The molecule has 1 saturated carbocycles. The van der Waals surface area contributed by atoms with E-state index in [2.05, 4.69) is 10.3 Å². The van der Waals surface area contributed by atoms with E-state index in [-0.39, 0.29) is 36.2 Å². The fourth-order valence-corrected chi connectivity index (χ4v) is 5.49. The van der Waals surface area contributed by atoms with Gasteiger partial charge < -0.3 is 20.5 Å². The first-order valence-corrected chi connectivity index (χ1v) is 12.5. The van der Waals surface area contributed by atoms with E-state index in [0.29, 0.717) is 37.2 Å². The average molecular weight is 525 g/mol. The Labute approximate surface area is 214 Å². The number of amides is 2. The first kappa shape index (κ1) is 27.2. The number of nitrogens with zero attached hydrogens (tertiary/aromatic N) is 2. The van der Waals surface area contributed by atoms with Crippen molar-refractivity contribution in [2.24, 2.45) is 22.6 Å². The van der Waals surface area contributed by atoms with Crippen LogP contribution in [0.4, 0.5) is 13.2 Å². The molecular weight excluding hydrogens is 489 g/mol.